The van der Waals surface area contributed by atoms with Crippen LogP contribution in [-0.4, -0.2) is 39.6 Å². The SMILES string of the molecule is CCC(I)C(=O)OC1(CCOC(C)=O)CC2CCCC(OC(C)=O)(C2)C1. The summed E-state index contributed by atoms with van der Waals surface area (Å²) in [6.07, 6.45) is 6.00. The molecule has 2 rings (SSSR count). The van der Waals surface area contributed by atoms with Gasteiger partial charge in [-0.3, -0.25) is 14.4 Å². The first kappa shape index (κ1) is 21.4. The third-order valence-corrected chi connectivity index (χ3v) is 6.75. The lowest BCUT2D eigenvalue weighted by molar-refractivity contribution is -0.201. The van der Waals surface area contributed by atoms with Crippen molar-refractivity contribution in [2.45, 2.75) is 87.3 Å². The van der Waals surface area contributed by atoms with Crippen molar-refractivity contribution in [1.82, 2.24) is 0 Å². The quantitative estimate of drug-likeness (QED) is 0.239. The zero-order valence-electron chi connectivity index (χ0n) is 15.8. The van der Waals surface area contributed by atoms with Crippen LogP contribution in [0.15, 0.2) is 0 Å². The Kier molecular flexibility index (Phi) is 7.33. The number of ether oxygens (including phenoxy) is 3. The van der Waals surface area contributed by atoms with Gasteiger partial charge in [-0.15, -0.1) is 0 Å². The Bertz CT molecular complexity index is 550. The Labute approximate surface area is 168 Å². The standard InChI is InChI=1S/C19H29IO6/c1-4-16(20)17(23)26-19(8-9-24-13(2)21)11-15-6-5-7-18(10-15,12-19)25-14(3)22/h15-16H,4-12H2,1-3H3. The number of esters is 3. The number of carbonyl (C=O) groups excluding carboxylic acids is 3. The van der Waals surface area contributed by atoms with E-state index in [1.807, 2.05) is 6.92 Å². The number of alkyl halides is 1. The van der Waals surface area contributed by atoms with Crippen LogP contribution in [0.1, 0.15) is 72.1 Å². The van der Waals surface area contributed by atoms with Gasteiger partial charge in [-0.1, -0.05) is 35.9 Å². The van der Waals surface area contributed by atoms with Crippen molar-refractivity contribution < 1.29 is 28.6 Å². The molecule has 0 aromatic heterocycles. The minimum atomic E-state index is -0.746. The summed E-state index contributed by atoms with van der Waals surface area (Å²) in [5.74, 6) is -0.546. The molecule has 0 heterocycles. The van der Waals surface area contributed by atoms with E-state index in [0.717, 1.165) is 32.1 Å². The molecule has 0 aliphatic heterocycles. The van der Waals surface area contributed by atoms with Gasteiger partial charge in [-0.2, -0.15) is 0 Å². The van der Waals surface area contributed by atoms with Gasteiger partial charge >= 0.3 is 17.9 Å². The highest BCUT2D eigenvalue weighted by molar-refractivity contribution is 14.1. The van der Waals surface area contributed by atoms with Crippen molar-refractivity contribution in [3.05, 3.63) is 0 Å². The number of hydrogen-bond acceptors (Lipinski definition) is 6. The first-order chi connectivity index (χ1) is 12.2. The molecule has 6 nitrogen and oxygen atoms in total. The average molecular weight is 480 g/mol. The first-order valence-corrected chi connectivity index (χ1v) is 10.6. The highest BCUT2D eigenvalue weighted by Gasteiger charge is 2.54. The van der Waals surface area contributed by atoms with Crippen LogP contribution >= 0.6 is 22.6 Å². The molecule has 0 N–H and O–H groups in total. The molecule has 4 unspecified atom stereocenters. The van der Waals surface area contributed by atoms with E-state index in [2.05, 4.69) is 22.6 Å². The zero-order valence-corrected chi connectivity index (χ0v) is 18.0. The molecule has 2 aliphatic rings. The summed E-state index contributed by atoms with van der Waals surface area (Å²) < 4.78 is 16.7. The van der Waals surface area contributed by atoms with Crippen LogP contribution in [0.2, 0.25) is 0 Å². The highest BCUT2D eigenvalue weighted by Crippen LogP contribution is 2.51. The van der Waals surface area contributed by atoms with Crippen LogP contribution in [0.3, 0.4) is 0 Å². The molecular weight excluding hydrogens is 451 g/mol. The van der Waals surface area contributed by atoms with Crippen molar-refractivity contribution >= 4 is 40.5 Å². The summed E-state index contributed by atoms with van der Waals surface area (Å²) in [5.41, 5.74) is -1.32. The summed E-state index contributed by atoms with van der Waals surface area (Å²) in [5, 5.41) is 0. The largest absolute Gasteiger partial charge is 0.466 e. The monoisotopic (exact) mass is 480 g/mol. The summed E-state index contributed by atoms with van der Waals surface area (Å²) in [6, 6.07) is 0. The number of rotatable bonds is 7. The second-order valence-electron chi connectivity index (χ2n) is 7.69. The molecule has 0 aromatic carbocycles. The van der Waals surface area contributed by atoms with Crippen LogP contribution in [0.25, 0.3) is 0 Å². The second kappa shape index (κ2) is 8.89. The molecule has 0 spiro atoms. The molecule has 0 aromatic rings. The lowest BCUT2D eigenvalue weighted by atomic mass is 9.62. The van der Waals surface area contributed by atoms with Gasteiger partial charge in [0, 0.05) is 26.7 Å². The van der Waals surface area contributed by atoms with E-state index in [9.17, 15) is 14.4 Å². The van der Waals surface area contributed by atoms with Crippen LogP contribution in [0, 0.1) is 5.92 Å². The zero-order chi connectivity index (χ0) is 19.4. The van der Waals surface area contributed by atoms with Gasteiger partial charge in [0.2, 0.25) is 0 Å². The minimum Gasteiger partial charge on any atom is -0.466 e. The summed E-state index contributed by atoms with van der Waals surface area (Å²) >= 11 is 2.09. The van der Waals surface area contributed by atoms with E-state index >= 15 is 0 Å². The van der Waals surface area contributed by atoms with Crippen molar-refractivity contribution in [2.24, 2.45) is 5.92 Å². The maximum Gasteiger partial charge on any atom is 0.319 e. The Balaban J connectivity index is 2.24. The smallest absolute Gasteiger partial charge is 0.319 e. The van der Waals surface area contributed by atoms with E-state index in [1.54, 1.807) is 0 Å². The molecule has 2 fully saturated rings. The maximum absolute atomic E-state index is 12.5. The van der Waals surface area contributed by atoms with Gasteiger partial charge in [0.05, 0.1) is 6.61 Å². The maximum atomic E-state index is 12.5. The first-order valence-electron chi connectivity index (χ1n) is 9.39. The molecule has 7 heteroatoms. The topological polar surface area (TPSA) is 78.9 Å². The van der Waals surface area contributed by atoms with E-state index in [-0.39, 0.29) is 28.4 Å². The van der Waals surface area contributed by atoms with Crippen LogP contribution in [0.4, 0.5) is 0 Å². The third kappa shape index (κ3) is 5.57. The lowest BCUT2D eigenvalue weighted by Crippen LogP contribution is -2.55. The second-order valence-corrected chi connectivity index (χ2v) is 9.19. The van der Waals surface area contributed by atoms with Crippen molar-refractivity contribution in [3.63, 3.8) is 0 Å². The lowest BCUT2D eigenvalue weighted by Gasteiger charge is -2.52. The Morgan fingerprint density at radius 1 is 1.15 bits per heavy atom. The Morgan fingerprint density at radius 2 is 1.88 bits per heavy atom. The predicted molar refractivity (Wildman–Crippen MR) is 104 cm³/mol. The Hall–Kier alpha value is -0.860. The number of fused-ring (bicyclic) bond motifs is 2. The highest BCUT2D eigenvalue weighted by atomic mass is 127. The summed E-state index contributed by atoms with van der Waals surface area (Å²) in [6.45, 7) is 4.94. The van der Waals surface area contributed by atoms with Gasteiger partial charge in [-0.25, -0.2) is 0 Å². The average Bonchev–Trinajstić information content (AvgIpc) is 2.52. The fourth-order valence-electron chi connectivity index (χ4n) is 4.54. The molecule has 0 radical (unpaired) electrons. The fourth-order valence-corrected chi connectivity index (χ4v) is 4.67. The predicted octanol–water partition coefficient (Wildman–Crippen LogP) is 3.72. The molecule has 26 heavy (non-hydrogen) atoms. The van der Waals surface area contributed by atoms with Crippen LogP contribution in [-0.2, 0) is 28.6 Å². The number of halogens is 1. The Morgan fingerprint density at radius 3 is 2.50 bits per heavy atom. The van der Waals surface area contributed by atoms with Gasteiger partial charge < -0.3 is 14.2 Å². The third-order valence-electron chi connectivity index (χ3n) is 5.36. The van der Waals surface area contributed by atoms with Gasteiger partial charge in [0.1, 0.15) is 15.1 Å². The fraction of sp³-hybridized carbons (Fsp3) is 0.842. The van der Waals surface area contributed by atoms with E-state index in [4.69, 9.17) is 14.2 Å². The van der Waals surface area contributed by atoms with Crippen molar-refractivity contribution in [2.75, 3.05) is 6.61 Å². The summed E-state index contributed by atoms with van der Waals surface area (Å²) in [4.78, 5) is 35.4. The molecule has 0 amide bonds. The van der Waals surface area contributed by atoms with E-state index in [0.29, 0.717) is 25.2 Å². The van der Waals surface area contributed by atoms with E-state index < -0.39 is 11.2 Å². The summed E-state index contributed by atoms with van der Waals surface area (Å²) in [7, 11) is 0. The van der Waals surface area contributed by atoms with Crippen molar-refractivity contribution in [1.29, 1.82) is 0 Å². The van der Waals surface area contributed by atoms with Crippen LogP contribution < -0.4 is 0 Å². The molecule has 2 saturated carbocycles. The van der Waals surface area contributed by atoms with Crippen LogP contribution in [0.5, 0.6) is 0 Å². The molecule has 0 saturated heterocycles. The van der Waals surface area contributed by atoms with Crippen molar-refractivity contribution in [3.8, 4) is 0 Å². The number of carbonyl (C=O) groups is 3. The molecule has 2 bridgehead atoms. The number of hydrogen-bond donors (Lipinski definition) is 0. The minimum absolute atomic E-state index is 0.198. The van der Waals surface area contributed by atoms with E-state index in [1.165, 1.54) is 13.8 Å². The van der Waals surface area contributed by atoms with Gasteiger partial charge in [-0.05, 0) is 38.0 Å². The molecule has 4 atom stereocenters. The van der Waals surface area contributed by atoms with Gasteiger partial charge in [0.15, 0.2) is 0 Å². The molecule has 148 valence electrons. The van der Waals surface area contributed by atoms with Gasteiger partial charge in [0.25, 0.3) is 0 Å². The normalized spacial score (nSPS) is 31.6. The molecular formula is C19H29IO6. The molecule has 2 aliphatic carbocycles.